The van der Waals surface area contributed by atoms with Gasteiger partial charge in [0.05, 0.1) is 0 Å². The quantitative estimate of drug-likeness (QED) is 0.474. The molecule has 1 fully saturated rings. The molecular weight excluding hydrogens is 368 g/mol. The first-order chi connectivity index (χ1) is 14.4. The van der Waals surface area contributed by atoms with E-state index in [0.717, 1.165) is 51.7 Å². The Hall–Kier alpha value is -0.900. The number of hydrogen-bond acceptors (Lipinski definition) is 3. The molecule has 1 aromatic carbocycles. The Morgan fingerprint density at radius 1 is 1.10 bits per heavy atom. The van der Waals surface area contributed by atoms with Gasteiger partial charge in [-0.25, -0.2) is 0 Å². The maximum absolute atomic E-state index is 5.40. The highest BCUT2D eigenvalue weighted by molar-refractivity contribution is 5.42. The summed E-state index contributed by atoms with van der Waals surface area (Å²) in [6, 6.07) is 7.41. The largest absolute Gasteiger partial charge is 0.382 e. The highest BCUT2D eigenvalue weighted by Crippen LogP contribution is 2.57. The molecule has 0 saturated heterocycles. The lowest BCUT2D eigenvalue weighted by atomic mass is 9.49. The summed E-state index contributed by atoms with van der Waals surface area (Å²) in [5.41, 5.74) is 5.54. The van der Waals surface area contributed by atoms with E-state index in [-0.39, 0.29) is 0 Å². The van der Waals surface area contributed by atoms with E-state index >= 15 is 0 Å². The third kappa shape index (κ3) is 5.29. The summed E-state index contributed by atoms with van der Waals surface area (Å²) < 4.78 is 5.40. The van der Waals surface area contributed by atoms with Crippen LogP contribution in [0, 0.1) is 11.3 Å². The second-order valence-electron chi connectivity index (χ2n) is 10.6. The van der Waals surface area contributed by atoms with Crippen LogP contribution in [0.5, 0.6) is 0 Å². The molecule has 3 rings (SSSR count). The van der Waals surface area contributed by atoms with Gasteiger partial charge in [0.2, 0.25) is 0 Å². The van der Waals surface area contributed by atoms with Crippen molar-refractivity contribution < 1.29 is 4.74 Å². The molecule has 0 unspecified atom stereocenters. The van der Waals surface area contributed by atoms with E-state index in [1.165, 1.54) is 37.7 Å². The minimum atomic E-state index is 0.343. The van der Waals surface area contributed by atoms with Crippen LogP contribution in [-0.2, 0) is 16.6 Å². The highest BCUT2D eigenvalue weighted by Gasteiger charge is 2.51. The second kappa shape index (κ2) is 10.6. The number of ether oxygens (including phenoxy) is 1. The van der Waals surface area contributed by atoms with E-state index < -0.39 is 0 Å². The van der Waals surface area contributed by atoms with Gasteiger partial charge in [-0.3, -0.25) is 0 Å². The Balaban J connectivity index is 1.56. The predicted octanol–water partition coefficient (Wildman–Crippen LogP) is 5.43. The molecule has 30 heavy (non-hydrogen) atoms. The summed E-state index contributed by atoms with van der Waals surface area (Å²) in [4.78, 5) is 0. The van der Waals surface area contributed by atoms with E-state index in [1.807, 2.05) is 0 Å². The zero-order chi connectivity index (χ0) is 21.6. The van der Waals surface area contributed by atoms with E-state index in [2.05, 4.69) is 63.5 Å². The lowest BCUT2D eigenvalue weighted by molar-refractivity contribution is 0.0261. The number of benzene rings is 1. The standard InChI is InChI=1S/C27H46N2O/c1-6-30-18-8-15-28-16-17-29-20-26(4)13-7-14-27(5)24-11-9-22(21(2)3)19-23(24)10-12-25(26)27/h9,11,19,21,25,28-29H,6-8,10,12-18,20H2,1-5H3/t25-,26-,27+/m0/s1. The maximum Gasteiger partial charge on any atom is 0.0477 e. The molecule has 2 aliphatic carbocycles. The zero-order valence-electron chi connectivity index (χ0n) is 20.3. The smallest absolute Gasteiger partial charge is 0.0477 e. The fourth-order valence-corrected chi connectivity index (χ4v) is 6.33. The molecule has 0 bridgehead atoms. The monoisotopic (exact) mass is 414 g/mol. The summed E-state index contributed by atoms with van der Waals surface area (Å²) in [5, 5.41) is 7.35. The van der Waals surface area contributed by atoms with Crippen LogP contribution in [-0.4, -0.2) is 39.4 Å². The van der Waals surface area contributed by atoms with Crippen molar-refractivity contribution in [3.63, 3.8) is 0 Å². The van der Waals surface area contributed by atoms with Crippen molar-refractivity contribution in [2.24, 2.45) is 11.3 Å². The summed E-state index contributed by atoms with van der Waals surface area (Å²) in [6.45, 7) is 17.8. The molecule has 170 valence electrons. The van der Waals surface area contributed by atoms with Gasteiger partial charge in [-0.1, -0.05) is 52.3 Å². The van der Waals surface area contributed by atoms with Crippen LogP contribution >= 0.6 is 0 Å². The Morgan fingerprint density at radius 3 is 2.67 bits per heavy atom. The first kappa shape index (κ1) is 23.8. The van der Waals surface area contributed by atoms with E-state index in [1.54, 1.807) is 11.1 Å². The van der Waals surface area contributed by atoms with Gasteiger partial charge < -0.3 is 15.4 Å². The van der Waals surface area contributed by atoms with Gasteiger partial charge in [0.15, 0.2) is 0 Å². The molecule has 3 heteroatoms. The minimum Gasteiger partial charge on any atom is -0.382 e. The van der Waals surface area contributed by atoms with Crippen LogP contribution in [0.25, 0.3) is 0 Å². The van der Waals surface area contributed by atoms with E-state index in [0.29, 0.717) is 16.7 Å². The summed E-state index contributed by atoms with van der Waals surface area (Å²) in [7, 11) is 0. The van der Waals surface area contributed by atoms with Gasteiger partial charge in [-0.2, -0.15) is 0 Å². The first-order valence-electron chi connectivity index (χ1n) is 12.5. The molecule has 0 radical (unpaired) electrons. The highest BCUT2D eigenvalue weighted by atomic mass is 16.5. The molecule has 3 nitrogen and oxygen atoms in total. The molecule has 2 aliphatic rings. The van der Waals surface area contributed by atoms with Crippen LogP contribution in [0.4, 0.5) is 0 Å². The Kier molecular flexibility index (Phi) is 8.40. The molecule has 0 amide bonds. The molecule has 0 aromatic heterocycles. The summed E-state index contributed by atoms with van der Waals surface area (Å²) in [5.74, 6) is 1.40. The third-order valence-electron chi connectivity index (χ3n) is 8.02. The van der Waals surface area contributed by atoms with Crippen LogP contribution < -0.4 is 10.6 Å². The lowest BCUT2D eigenvalue weighted by Crippen LogP contribution is -2.53. The van der Waals surface area contributed by atoms with Crippen LogP contribution in [0.3, 0.4) is 0 Å². The van der Waals surface area contributed by atoms with Crippen LogP contribution in [0.1, 0.15) is 89.3 Å². The average Bonchev–Trinajstić information content (AvgIpc) is 2.72. The molecule has 0 spiro atoms. The number of hydrogen-bond donors (Lipinski definition) is 2. The molecular formula is C27H46N2O. The summed E-state index contributed by atoms with van der Waals surface area (Å²) in [6.07, 6.45) is 7.77. The molecule has 2 N–H and O–H groups in total. The predicted molar refractivity (Wildman–Crippen MR) is 129 cm³/mol. The number of aryl methyl sites for hydroxylation is 1. The zero-order valence-corrected chi connectivity index (χ0v) is 20.3. The minimum absolute atomic E-state index is 0.343. The van der Waals surface area contributed by atoms with Crippen molar-refractivity contribution in [1.82, 2.24) is 10.6 Å². The van der Waals surface area contributed by atoms with Gasteiger partial charge in [0.25, 0.3) is 0 Å². The van der Waals surface area contributed by atoms with Crippen LogP contribution in [0.2, 0.25) is 0 Å². The van der Waals surface area contributed by atoms with Crippen molar-refractivity contribution in [3.8, 4) is 0 Å². The Labute approximate surface area is 185 Å². The van der Waals surface area contributed by atoms with Crippen molar-refractivity contribution in [1.29, 1.82) is 0 Å². The van der Waals surface area contributed by atoms with Crippen molar-refractivity contribution in [2.75, 3.05) is 39.4 Å². The Bertz CT molecular complexity index is 673. The SMILES string of the molecule is CCOCCCNCCNC[C@]1(C)CCC[C@]2(C)c3ccc(C(C)C)cc3CC[C@@H]12. The Morgan fingerprint density at radius 2 is 1.90 bits per heavy atom. The molecule has 0 heterocycles. The van der Waals surface area contributed by atoms with Gasteiger partial charge in [0, 0.05) is 32.8 Å². The third-order valence-corrected chi connectivity index (χ3v) is 8.02. The second-order valence-corrected chi connectivity index (χ2v) is 10.6. The van der Waals surface area contributed by atoms with E-state index in [9.17, 15) is 0 Å². The normalized spacial score (nSPS) is 28.4. The van der Waals surface area contributed by atoms with Crippen molar-refractivity contribution in [2.45, 2.75) is 84.5 Å². The van der Waals surface area contributed by atoms with Gasteiger partial charge in [-0.05, 0) is 84.9 Å². The van der Waals surface area contributed by atoms with Crippen molar-refractivity contribution in [3.05, 3.63) is 34.9 Å². The first-order valence-corrected chi connectivity index (χ1v) is 12.5. The lowest BCUT2D eigenvalue weighted by Gasteiger charge is -2.55. The van der Waals surface area contributed by atoms with Gasteiger partial charge in [0.1, 0.15) is 0 Å². The summed E-state index contributed by atoms with van der Waals surface area (Å²) >= 11 is 0. The molecule has 0 aliphatic heterocycles. The number of nitrogens with one attached hydrogen (secondary N) is 2. The van der Waals surface area contributed by atoms with Gasteiger partial charge >= 0.3 is 0 Å². The van der Waals surface area contributed by atoms with Crippen LogP contribution in [0.15, 0.2) is 18.2 Å². The van der Waals surface area contributed by atoms with Gasteiger partial charge in [-0.15, -0.1) is 0 Å². The van der Waals surface area contributed by atoms with E-state index in [4.69, 9.17) is 4.74 Å². The number of fused-ring (bicyclic) bond motifs is 3. The number of rotatable bonds is 11. The maximum atomic E-state index is 5.40. The fourth-order valence-electron chi connectivity index (χ4n) is 6.33. The fraction of sp³-hybridized carbons (Fsp3) is 0.778. The average molecular weight is 415 g/mol. The van der Waals surface area contributed by atoms with Crippen molar-refractivity contribution >= 4 is 0 Å². The molecule has 1 aromatic rings. The molecule has 1 saturated carbocycles. The topological polar surface area (TPSA) is 33.3 Å². The molecule has 3 atom stereocenters.